The van der Waals surface area contributed by atoms with E-state index in [0.29, 0.717) is 28.9 Å². The fourth-order valence-electron chi connectivity index (χ4n) is 9.05. The van der Waals surface area contributed by atoms with Crippen molar-refractivity contribution in [2.24, 2.45) is 17.8 Å². The lowest BCUT2D eigenvalue weighted by Gasteiger charge is -2.57. The van der Waals surface area contributed by atoms with Crippen LogP contribution in [0.25, 0.3) is 0 Å². The molecule has 8 rings (SSSR count). The Morgan fingerprint density at radius 2 is 1.46 bits per heavy atom. The molecule has 6 fully saturated rings. The van der Waals surface area contributed by atoms with Crippen LogP contribution in [0.4, 0.5) is 5.69 Å². The summed E-state index contributed by atoms with van der Waals surface area (Å²) in [5, 5.41) is 9.66. The van der Waals surface area contributed by atoms with E-state index in [1.807, 2.05) is 6.07 Å². The van der Waals surface area contributed by atoms with E-state index in [4.69, 9.17) is 0 Å². The standard InChI is InChI=1S/C31H42N6O4/c38-26-5-4-25(28(39)34-26)37-29(40)23-2-1-3-24(27(23)30(37)41)32-6-8-35-10-12-36(13-11-35)9-7-33-31-17-20-14-21(18-31)16-22(15-20)19-31/h1-3,20-22,25,32-33H,4-19H2,(H,34,38,39). The van der Waals surface area contributed by atoms with Gasteiger partial charge < -0.3 is 10.6 Å². The summed E-state index contributed by atoms with van der Waals surface area (Å²) in [7, 11) is 0. The van der Waals surface area contributed by atoms with E-state index in [0.717, 1.165) is 68.5 Å². The van der Waals surface area contributed by atoms with Gasteiger partial charge in [0.25, 0.3) is 11.8 Å². The number of piperazine rings is 1. The van der Waals surface area contributed by atoms with Crippen LogP contribution in [0.1, 0.15) is 72.1 Å². The van der Waals surface area contributed by atoms with Gasteiger partial charge in [-0.05, 0) is 74.8 Å². The van der Waals surface area contributed by atoms with Gasteiger partial charge in [0.15, 0.2) is 0 Å². The number of hydrogen-bond donors (Lipinski definition) is 3. The number of nitrogens with one attached hydrogen (secondary N) is 3. The van der Waals surface area contributed by atoms with Gasteiger partial charge in [0, 0.05) is 70.0 Å². The van der Waals surface area contributed by atoms with E-state index in [1.54, 1.807) is 12.1 Å². The van der Waals surface area contributed by atoms with Crippen LogP contribution in [0.5, 0.6) is 0 Å². The molecule has 4 aliphatic carbocycles. The summed E-state index contributed by atoms with van der Waals surface area (Å²) in [6.07, 6.45) is 8.93. The van der Waals surface area contributed by atoms with Crippen molar-refractivity contribution < 1.29 is 19.2 Å². The molecular formula is C31H42N6O4. The Kier molecular flexibility index (Phi) is 7.11. The van der Waals surface area contributed by atoms with Gasteiger partial charge in [-0.15, -0.1) is 0 Å². The smallest absolute Gasteiger partial charge is 0.264 e. The first-order chi connectivity index (χ1) is 19.9. The molecule has 3 aliphatic heterocycles. The van der Waals surface area contributed by atoms with Crippen molar-refractivity contribution in [2.45, 2.75) is 62.9 Å². The average molecular weight is 563 g/mol. The monoisotopic (exact) mass is 562 g/mol. The molecule has 3 heterocycles. The highest BCUT2D eigenvalue weighted by Gasteiger charge is 2.50. The number of benzene rings is 1. The zero-order chi connectivity index (χ0) is 28.1. The number of hydrogen-bond acceptors (Lipinski definition) is 8. The van der Waals surface area contributed by atoms with Crippen LogP contribution in [0.2, 0.25) is 0 Å². The van der Waals surface area contributed by atoms with Crippen molar-refractivity contribution in [3.05, 3.63) is 29.3 Å². The zero-order valence-corrected chi connectivity index (χ0v) is 23.8. The first kappa shape index (κ1) is 27.0. The number of carbonyl (C=O) groups excluding carboxylic acids is 4. The van der Waals surface area contributed by atoms with Crippen molar-refractivity contribution in [2.75, 3.05) is 57.7 Å². The van der Waals surface area contributed by atoms with Gasteiger partial charge in [0.05, 0.1) is 11.1 Å². The molecule has 1 unspecified atom stereocenters. The van der Waals surface area contributed by atoms with Crippen molar-refractivity contribution >= 4 is 29.3 Å². The zero-order valence-electron chi connectivity index (χ0n) is 23.8. The molecule has 7 aliphatic rings. The first-order valence-electron chi connectivity index (χ1n) is 15.7. The van der Waals surface area contributed by atoms with Gasteiger partial charge in [0.1, 0.15) is 6.04 Å². The molecule has 2 saturated heterocycles. The fourth-order valence-corrected chi connectivity index (χ4v) is 9.05. The minimum absolute atomic E-state index is 0.112. The molecule has 4 amide bonds. The third kappa shape index (κ3) is 5.19. The lowest BCUT2D eigenvalue weighted by molar-refractivity contribution is -0.136. The van der Waals surface area contributed by atoms with Gasteiger partial charge >= 0.3 is 0 Å². The summed E-state index contributed by atoms with van der Waals surface area (Å²) < 4.78 is 0. The van der Waals surface area contributed by atoms with Crippen molar-refractivity contribution in [3.63, 3.8) is 0 Å². The molecule has 0 radical (unpaired) electrons. The lowest BCUT2D eigenvalue weighted by atomic mass is 9.53. The van der Waals surface area contributed by atoms with Crippen molar-refractivity contribution in [1.82, 2.24) is 25.3 Å². The summed E-state index contributed by atoms with van der Waals surface area (Å²) >= 11 is 0. The molecule has 41 heavy (non-hydrogen) atoms. The number of imide groups is 2. The Hall–Kier alpha value is -2.82. The molecule has 1 aromatic rings. The van der Waals surface area contributed by atoms with Gasteiger partial charge in [-0.2, -0.15) is 0 Å². The van der Waals surface area contributed by atoms with Crippen molar-refractivity contribution in [3.8, 4) is 0 Å². The lowest BCUT2D eigenvalue weighted by Crippen LogP contribution is -2.59. The highest BCUT2D eigenvalue weighted by Crippen LogP contribution is 2.55. The van der Waals surface area contributed by atoms with Gasteiger partial charge in [-0.3, -0.25) is 39.2 Å². The molecule has 3 N–H and O–H groups in total. The molecule has 10 heteroatoms. The fraction of sp³-hybridized carbons (Fsp3) is 0.677. The van der Waals surface area contributed by atoms with E-state index in [1.165, 1.54) is 38.5 Å². The molecule has 1 atom stereocenters. The van der Waals surface area contributed by atoms with E-state index in [9.17, 15) is 19.2 Å². The van der Waals surface area contributed by atoms with E-state index in [2.05, 4.69) is 25.8 Å². The van der Waals surface area contributed by atoms with E-state index in [-0.39, 0.29) is 18.7 Å². The SMILES string of the molecule is O=C1CCC(N2C(=O)c3cccc(NCCN4CCN(CCNC56CC7CC(CC(C7)C5)C6)CC4)c3C2=O)C(=O)N1. The number of amides is 4. The molecule has 10 nitrogen and oxygen atoms in total. The van der Waals surface area contributed by atoms with Gasteiger partial charge in [-0.1, -0.05) is 6.07 Å². The topological polar surface area (TPSA) is 114 Å². The number of anilines is 1. The normalized spacial score (nSPS) is 33.4. The molecule has 0 spiro atoms. The Bertz CT molecular complexity index is 1210. The summed E-state index contributed by atoms with van der Waals surface area (Å²) in [5.74, 6) is 1.02. The van der Waals surface area contributed by atoms with Crippen LogP contribution in [0.15, 0.2) is 18.2 Å². The second kappa shape index (κ2) is 10.8. The number of fused-ring (bicyclic) bond motifs is 1. The Labute approximate surface area is 241 Å². The number of carbonyl (C=O) groups is 4. The second-order valence-electron chi connectivity index (χ2n) is 13.4. The first-order valence-corrected chi connectivity index (χ1v) is 15.7. The third-order valence-electron chi connectivity index (χ3n) is 10.6. The van der Waals surface area contributed by atoms with Crippen LogP contribution in [0, 0.1) is 17.8 Å². The number of nitrogens with zero attached hydrogens (tertiary/aromatic N) is 3. The summed E-state index contributed by atoms with van der Waals surface area (Å²) in [4.78, 5) is 56.3. The van der Waals surface area contributed by atoms with E-state index >= 15 is 0 Å². The van der Waals surface area contributed by atoms with Crippen LogP contribution in [0.3, 0.4) is 0 Å². The van der Waals surface area contributed by atoms with Crippen LogP contribution < -0.4 is 16.0 Å². The predicted molar refractivity (Wildman–Crippen MR) is 153 cm³/mol. The molecule has 0 aromatic heterocycles. The minimum Gasteiger partial charge on any atom is -0.383 e. The average Bonchev–Trinajstić information content (AvgIpc) is 3.19. The van der Waals surface area contributed by atoms with Crippen molar-refractivity contribution in [1.29, 1.82) is 0 Å². The van der Waals surface area contributed by atoms with Gasteiger partial charge in [0.2, 0.25) is 11.8 Å². The molecule has 220 valence electrons. The maximum atomic E-state index is 13.3. The molecular weight excluding hydrogens is 520 g/mol. The summed E-state index contributed by atoms with van der Waals surface area (Å²) in [6.45, 7) is 7.89. The van der Waals surface area contributed by atoms with Crippen LogP contribution in [-0.2, 0) is 9.59 Å². The molecule has 4 saturated carbocycles. The highest BCUT2D eigenvalue weighted by molar-refractivity contribution is 6.25. The minimum atomic E-state index is -0.952. The number of rotatable bonds is 9. The van der Waals surface area contributed by atoms with Gasteiger partial charge in [-0.25, -0.2) is 0 Å². The van der Waals surface area contributed by atoms with E-state index < -0.39 is 23.8 Å². The predicted octanol–water partition coefficient (Wildman–Crippen LogP) is 1.68. The Balaban J connectivity index is 0.868. The number of piperidine rings is 1. The van der Waals surface area contributed by atoms with Crippen LogP contribution >= 0.6 is 0 Å². The molecule has 1 aromatic carbocycles. The second-order valence-corrected chi connectivity index (χ2v) is 13.4. The summed E-state index contributed by atoms with van der Waals surface area (Å²) in [6, 6.07) is 4.25. The Morgan fingerprint density at radius 1 is 0.829 bits per heavy atom. The summed E-state index contributed by atoms with van der Waals surface area (Å²) in [5.41, 5.74) is 1.68. The third-order valence-corrected chi connectivity index (χ3v) is 10.6. The van der Waals surface area contributed by atoms with Crippen LogP contribution in [-0.4, -0.2) is 102 Å². The quantitative estimate of drug-likeness (QED) is 0.390. The largest absolute Gasteiger partial charge is 0.383 e. The maximum absolute atomic E-state index is 13.3. The maximum Gasteiger partial charge on any atom is 0.264 e. The highest BCUT2D eigenvalue weighted by atomic mass is 16.2. The Morgan fingerprint density at radius 3 is 2.10 bits per heavy atom. The molecule has 4 bridgehead atoms.